The van der Waals surface area contributed by atoms with Crippen LogP contribution in [0.15, 0.2) is 42.2 Å². The predicted octanol–water partition coefficient (Wildman–Crippen LogP) is 2.83. The molecule has 2 aliphatic rings. The molecule has 20 heavy (non-hydrogen) atoms. The largest absolute Gasteiger partial charge is 0.497 e. The molecule has 0 unspecified atom stereocenters. The van der Waals surface area contributed by atoms with Crippen LogP contribution in [0.2, 0.25) is 0 Å². The highest BCUT2D eigenvalue weighted by atomic mass is 16.5. The third-order valence-electron chi connectivity index (χ3n) is 3.70. The van der Waals surface area contributed by atoms with Crippen molar-refractivity contribution >= 4 is 0 Å². The molecule has 0 spiro atoms. The minimum absolute atomic E-state index is 0.758. The number of allylic oxidation sites excluding steroid dienone is 2. The Hall–Kier alpha value is -2.10. The van der Waals surface area contributed by atoms with E-state index in [0.29, 0.717) is 0 Å². The van der Waals surface area contributed by atoms with Crippen LogP contribution in [0.5, 0.6) is 11.5 Å². The summed E-state index contributed by atoms with van der Waals surface area (Å²) in [5, 5.41) is 2.10. The van der Waals surface area contributed by atoms with Crippen molar-refractivity contribution in [3.63, 3.8) is 0 Å². The van der Waals surface area contributed by atoms with Gasteiger partial charge in [-0.05, 0) is 42.5 Å². The van der Waals surface area contributed by atoms with E-state index in [9.17, 15) is 0 Å². The lowest BCUT2D eigenvalue weighted by molar-refractivity contribution is 0.292. The second-order valence-electron chi connectivity index (χ2n) is 5.17. The number of nitrogens with one attached hydrogen (secondary N) is 1. The minimum atomic E-state index is 0.758. The van der Waals surface area contributed by atoms with Gasteiger partial charge in [-0.2, -0.15) is 0 Å². The van der Waals surface area contributed by atoms with Gasteiger partial charge in [0.2, 0.25) is 0 Å². The fourth-order valence-electron chi connectivity index (χ4n) is 2.40. The van der Waals surface area contributed by atoms with Gasteiger partial charge in [-0.1, -0.05) is 0 Å². The molecular formula is C16H20N2O2. The van der Waals surface area contributed by atoms with E-state index in [2.05, 4.69) is 22.7 Å². The van der Waals surface area contributed by atoms with E-state index in [1.54, 1.807) is 14.2 Å². The summed E-state index contributed by atoms with van der Waals surface area (Å²) in [6.45, 7) is 0.758. The number of hydrogen-bond donors (Lipinski definition) is 1. The number of nitrogens with zero attached hydrogens (tertiary/aromatic N) is 1. The maximum absolute atomic E-state index is 5.44. The number of hydrazine groups is 1. The lowest BCUT2D eigenvalue weighted by Gasteiger charge is -2.25. The van der Waals surface area contributed by atoms with Crippen molar-refractivity contribution in [2.45, 2.75) is 19.4 Å². The standard InChI is InChI=1S/C16H20N2O2/c1-19-15-6-5-14(16(9-15)20-2)11-18-10-13(7-8-17-18)12-3-4-12/h5-10,12,17H,3-4,11H2,1-2H3. The molecule has 0 aromatic heterocycles. The SMILES string of the molecule is COc1ccc(CN2C=C(C3CC3)C=CN2)c(OC)c1. The zero-order valence-corrected chi connectivity index (χ0v) is 11.9. The molecule has 0 radical (unpaired) electrons. The second-order valence-corrected chi connectivity index (χ2v) is 5.17. The number of ether oxygens (including phenoxy) is 2. The molecule has 1 fully saturated rings. The summed E-state index contributed by atoms with van der Waals surface area (Å²) in [6, 6.07) is 5.92. The molecule has 1 heterocycles. The van der Waals surface area contributed by atoms with Crippen LogP contribution in [0, 0.1) is 5.92 Å². The molecule has 0 saturated heterocycles. The van der Waals surface area contributed by atoms with E-state index < -0.39 is 0 Å². The van der Waals surface area contributed by atoms with Gasteiger partial charge >= 0.3 is 0 Å². The van der Waals surface area contributed by atoms with Crippen molar-refractivity contribution in [1.29, 1.82) is 0 Å². The molecule has 1 saturated carbocycles. The zero-order valence-electron chi connectivity index (χ0n) is 11.9. The molecule has 4 nitrogen and oxygen atoms in total. The van der Waals surface area contributed by atoms with Gasteiger partial charge in [0.15, 0.2) is 0 Å². The summed E-state index contributed by atoms with van der Waals surface area (Å²) < 4.78 is 10.7. The maximum atomic E-state index is 5.44. The van der Waals surface area contributed by atoms with Crippen LogP contribution in [0.25, 0.3) is 0 Å². The monoisotopic (exact) mass is 272 g/mol. The minimum Gasteiger partial charge on any atom is -0.497 e. The van der Waals surface area contributed by atoms with E-state index >= 15 is 0 Å². The number of rotatable bonds is 5. The summed E-state index contributed by atoms with van der Waals surface area (Å²) in [5.41, 5.74) is 5.79. The van der Waals surface area contributed by atoms with Crippen LogP contribution in [-0.4, -0.2) is 19.2 Å². The van der Waals surface area contributed by atoms with Gasteiger partial charge in [0.25, 0.3) is 0 Å². The number of hydrogen-bond acceptors (Lipinski definition) is 4. The molecule has 106 valence electrons. The Morgan fingerprint density at radius 1 is 1.25 bits per heavy atom. The van der Waals surface area contributed by atoms with Crippen molar-refractivity contribution in [2.24, 2.45) is 5.92 Å². The fraction of sp³-hybridized carbons (Fsp3) is 0.375. The molecule has 1 N–H and O–H groups in total. The second kappa shape index (κ2) is 5.49. The summed E-state index contributed by atoms with van der Waals surface area (Å²) in [7, 11) is 3.35. The smallest absolute Gasteiger partial charge is 0.127 e. The first-order valence-corrected chi connectivity index (χ1v) is 6.92. The molecule has 0 bridgehead atoms. The van der Waals surface area contributed by atoms with Crippen molar-refractivity contribution in [3.8, 4) is 11.5 Å². The Balaban J connectivity index is 1.75. The summed E-state index contributed by atoms with van der Waals surface area (Å²) in [4.78, 5) is 0. The average molecular weight is 272 g/mol. The third-order valence-corrected chi connectivity index (χ3v) is 3.70. The van der Waals surface area contributed by atoms with E-state index in [-0.39, 0.29) is 0 Å². The van der Waals surface area contributed by atoms with Gasteiger partial charge in [0.05, 0.1) is 20.8 Å². The first-order valence-electron chi connectivity index (χ1n) is 6.92. The van der Waals surface area contributed by atoms with Crippen LogP contribution in [0.1, 0.15) is 18.4 Å². The molecule has 1 aromatic carbocycles. The van der Waals surface area contributed by atoms with Gasteiger partial charge in [-0.15, -0.1) is 0 Å². The lowest BCUT2D eigenvalue weighted by atomic mass is 10.1. The van der Waals surface area contributed by atoms with Crippen LogP contribution in [-0.2, 0) is 6.54 Å². The van der Waals surface area contributed by atoms with E-state index in [1.807, 2.05) is 24.4 Å². The predicted molar refractivity (Wildman–Crippen MR) is 78.2 cm³/mol. The number of benzene rings is 1. The first-order chi connectivity index (χ1) is 9.80. The van der Waals surface area contributed by atoms with E-state index in [1.165, 1.54) is 18.4 Å². The Bertz CT molecular complexity index is 547. The van der Waals surface area contributed by atoms with Gasteiger partial charge in [-0.25, -0.2) is 0 Å². The molecule has 4 heteroatoms. The molecule has 1 aliphatic heterocycles. The number of methoxy groups -OCH3 is 2. The van der Waals surface area contributed by atoms with Crippen molar-refractivity contribution in [2.75, 3.05) is 14.2 Å². The van der Waals surface area contributed by atoms with Crippen molar-refractivity contribution < 1.29 is 9.47 Å². The maximum Gasteiger partial charge on any atom is 0.127 e. The summed E-state index contributed by atoms with van der Waals surface area (Å²) in [6.07, 6.45) is 9.00. The molecule has 1 aromatic rings. The zero-order chi connectivity index (χ0) is 13.9. The fourth-order valence-corrected chi connectivity index (χ4v) is 2.40. The highest BCUT2D eigenvalue weighted by molar-refractivity contribution is 5.41. The lowest BCUT2D eigenvalue weighted by Crippen LogP contribution is -2.31. The van der Waals surface area contributed by atoms with E-state index in [4.69, 9.17) is 9.47 Å². The Kier molecular flexibility index (Phi) is 3.54. The van der Waals surface area contributed by atoms with Crippen LogP contribution >= 0.6 is 0 Å². The summed E-state index contributed by atoms with van der Waals surface area (Å²) >= 11 is 0. The van der Waals surface area contributed by atoms with Gasteiger partial charge in [-0.3, -0.25) is 5.01 Å². The average Bonchev–Trinajstić information content (AvgIpc) is 3.32. The topological polar surface area (TPSA) is 33.7 Å². The van der Waals surface area contributed by atoms with Crippen molar-refractivity contribution in [3.05, 3.63) is 47.8 Å². The Labute approximate surface area is 119 Å². The van der Waals surface area contributed by atoms with Gasteiger partial charge < -0.3 is 14.9 Å². The van der Waals surface area contributed by atoms with Crippen LogP contribution < -0.4 is 14.9 Å². The highest BCUT2D eigenvalue weighted by Gasteiger charge is 2.26. The Morgan fingerprint density at radius 3 is 2.80 bits per heavy atom. The molecular weight excluding hydrogens is 252 g/mol. The molecule has 0 amide bonds. The normalized spacial score (nSPS) is 17.5. The van der Waals surface area contributed by atoms with Crippen molar-refractivity contribution in [1.82, 2.24) is 10.4 Å². The molecule has 0 atom stereocenters. The first kappa shape index (κ1) is 12.9. The van der Waals surface area contributed by atoms with E-state index in [0.717, 1.165) is 29.5 Å². The summed E-state index contributed by atoms with van der Waals surface area (Å²) in [5.74, 6) is 2.42. The third kappa shape index (κ3) is 2.74. The van der Waals surface area contributed by atoms with Gasteiger partial charge in [0.1, 0.15) is 11.5 Å². The van der Waals surface area contributed by atoms with Gasteiger partial charge in [0, 0.05) is 24.0 Å². The molecule has 1 aliphatic carbocycles. The molecule has 3 rings (SSSR count). The quantitative estimate of drug-likeness (QED) is 0.893. The van der Waals surface area contributed by atoms with Crippen LogP contribution in [0.4, 0.5) is 0 Å². The van der Waals surface area contributed by atoms with Crippen LogP contribution in [0.3, 0.4) is 0 Å². The highest BCUT2D eigenvalue weighted by Crippen LogP contribution is 2.38. The Morgan fingerprint density at radius 2 is 2.10 bits per heavy atom.